The lowest BCUT2D eigenvalue weighted by Crippen LogP contribution is -2.35. The third-order valence-corrected chi connectivity index (χ3v) is 4.96. The zero-order valence-electron chi connectivity index (χ0n) is 11.2. The van der Waals surface area contributed by atoms with Gasteiger partial charge in [-0.2, -0.15) is 0 Å². The van der Waals surface area contributed by atoms with Crippen LogP contribution in [0.15, 0.2) is 6.20 Å². The molecule has 0 saturated carbocycles. The van der Waals surface area contributed by atoms with E-state index in [0.717, 1.165) is 25.9 Å². The van der Waals surface area contributed by atoms with Crippen LogP contribution in [0.4, 0.5) is 9.52 Å². The number of thiazole rings is 1. The van der Waals surface area contributed by atoms with Crippen LogP contribution in [-0.4, -0.2) is 42.7 Å². The molecule has 110 valence electrons. The fourth-order valence-electron chi connectivity index (χ4n) is 2.72. The van der Waals surface area contributed by atoms with Gasteiger partial charge in [0.2, 0.25) is 5.91 Å². The van der Waals surface area contributed by atoms with E-state index in [4.69, 9.17) is 0 Å². The van der Waals surface area contributed by atoms with Gasteiger partial charge < -0.3 is 16.0 Å². The maximum Gasteiger partial charge on any atom is 0.243 e. The van der Waals surface area contributed by atoms with Gasteiger partial charge in [0, 0.05) is 24.0 Å². The maximum atomic E-state index is 13.1. The van der Waals surface area contributed by atoms with Crippen molar-refractivity contribution in [3.8, 4) is 0 Å². The Morgan fingerprint density at radius 3 is 2.95 bits per heavy atom. The van der Waals surface area contributed by atoms with Gasteiger partial charge in [-0.1, -0.05) is 0 Å². The Hall–Kier alpha value is -1.05. The zero-order chi connectivity index (χ0) is 13.9. The molecule has 1 aromatic rings. The van der Waals surface area contributed by atoms with Gasteiger partial charge in [0.05, 0.1) is 6.04 Å². The molecule has 2 aliphatic heterocycles. The Kier molecular flexibility index (Phi) is 4.28. The number of piperidine rings is 1. The predicted molar refractivity (Wildman–Crippen MR) is 76.9 cm³/mol. The molecule has 1 amide bonds. The highest BCUT2D eigenvalue weighted by atomic mass is 32.1. The topological polar surface area (TPSA) is 66.0 Å². The standard InChI is InChI=1S/C13H19FN4OS/c14-9-5-10(16-6-9)12(19)18-13-17-7-11(20-13)8-1-3-15-4-2-8/h7-10,15-16H,1-6H2,(H,17,18,19)/t9-,10+/m0/s1. The van der Waals surface area contributed by atoms with E-state index in [0.29, 0.717) is 11.0 Å². The van der Waals surface area contributed by atoms with Crippen LogP contribution < -0.4 is 16.0 Å². The fourth-order valence-corrected chi connectivity index (χ4v) is 3.71. The van der Waals surface area contributed by atoms with Gasteiger partial charge in [0.1, 0.15) is 6.17 Å². The lowest BCUT2D eigenvalue weighted by molar-refractivity contribution is -0.117. The molecule has 0 spiro atoms. The Morgan fingerprint density at radius 1 is 1.45 bits per heavy atom. The minimum Gasteiger partial charge on any atom is -0.317 e. The number of amides is 1. The van der Waals surface area contributed by atoms with Gasteiger partial charge in [0.15, 0.2) is 5.13 Å². The number of nitrogens with zero attached hydrogens (tertiary/aromatic N) is 1. The van der Waals surface area contributed by atoms with E-state index in [1.54, 1.807) is 0 Å². The van der Waals surface area contributed by atoms with Crippen LogP contribution in [0.1, 0.15) is 30.1 Å². The lowest BCUT2D eigenvalue weighted by atomic mass is 9.97. The van der Waals surface area contributed by atoms with Crippen LogP contribution in [0.5, 0.6) is 0 Å². The highest BCUT2D eigenvalue weighted by molar-refractivity contribution is 7.15. The molecule has 3 N–H and O–H groups in total. The van der Waals surface area contributed by atoms with Crippen molar-refractivity contribution in [1.29, 1.82) is 0 Å². The molecule has 3 heterocycles. The number of rotatable bonds is 3. The molecular weight excluding hydrogens is 279 g/mol. The predicted octanol–water partition coefficient (Wildman–Crippen LogP) is 1.25. The summed E-state index contributed by atoms with van der Waals surface area (Å²) >= 11 is 1.53. The monoisotopic (exact) mass is 298 g/mol. The van der Waals surface area contributed by atoms with Crippen LogP contribution in [0.3, 0.4) is 0 Å². The van der Waals surface area contributed by atoms with Gasteiger partial charge in [-0.3, -0.25) is 4.79 Å². The van der Waals surface area contributed by atoms with Crippen LogP contribution in [0, 0.1) is 0 Å². The first-order chi connectivity index (χ1) is 9.72. The molecule has 0 radical (unpaired) electrons. The first-order valence-corrected chi connectivity index (χ1v) is 7.89. The van der Waals surface area contributed by atoms with Crippen LogP contribution in [-0.2, 0) is 4.79 Å². The number of hydrogen-bond acceptors (Lipinski definition) is 5. The summed E-state index contributed by atoms with van der Waals surface area (Å²) < 4.78 is 13.1. The highest BCUT2D eigenvalue weighted by Crippen LogP contribution is 2.31. The van der Waals surface area contributed by atoms with E-state index < -0.39 is 12.2 Å². The Labute approximate surface area is 121 Å². The van der Waals surface area contributed by atoms with Crippen molar-refractivity contribution in [1.82, 2.24) is 15.6 Å². The number of anilines is 1. The normalized spacial score (nSPS) is 27.6. The average Bonchev–Trinajstić information content (AvgIpc) is 3.09. The second kappa shape index (κ2) is 6.15. The minimum absolute atomic E-state index is 0.184. The summed E-state index contributed by atoms with van der Waals surface area (Å²) in [4.78, 5) is 17.5. The molecule has 0 aromatic carbocycles. The molecule has 5 nitrogen and oxygen atoms in total. The van der Waals surface area contributed by atoms with Crippen molar-refractivity contribution in [3.63, 3.8) is 0 Å². The molecule has 2 aliphatic rings. The molecule has 20 heavy (non-hydrogen) atoms. The zero-order valence-corrected chi connectivity index (χ0v) is 12.0. The summed E-state index contributed by atoms with van der Waals surface area (Å²) in [6.07, 6.45) is 3.41. The maximum absolute atomic E-state index is 13.1. The van der Waals surface area contributed by atoms with E-state index in [2.05, 4.69) is 20.9 Å². The van der Waals surface area contributed by atoms with E-state index in [1.807, 2.05) is 6.20 Å². The van der Waals surface area contributed by atoms with Crippen molar-refractivity contribution in [2.75, 3.05) is 25.0 Å². The van der Waals surface area contributed by atoms with Crippen molar-refractivity contribution < 1.29 is 9.18 Å². The second-order valence-electron chi connectivity index (χ2n) is 5.38. The summed E-state index contributed by atoms with van der Waals surface area (Å²) in [6.45, 7) is 2.33. The minimum atomic E-state index is -0.924. The van der Waals surface area contributed by atoms with Gasteiger partial charge >= 0.3 is 0 Å². The summed E-state index contributed by atoms with van der Waals surface area (Å²) in [5, 5.41) is 9.62. The summed E-state index contributed by atoms with van der Waals surface area (Å²) in [5.41, 5.74) is 0. The van der Waals surface area contributed by atoms with Crippen molar-refractivity contribution >= 4 is 22.4 Å². The molecule has 1 aromatic heterocycles. The fraction of sp³-hybridized carbons (Fsp3) is 0.692. The van der Waals surface area contributed by atoms with Gasteiger partial charge in [-0.15, -0.1) is 11.3 Å². The number of halogens is 1. The highest BCUT2D eigenvalue weighted by Gasteiger charge is 2.29. The molecule has 3 rings (SSSR count). The van der Waals surface area contributed by atoms with Crippen molar-refractivity contribution in [2.45, 2.75) is 37.4 Å². The second-order valence-corrected chi connectivity index (χ2v) is 6.44. The number of carbonyl (C=O) groups is 1. The van der Waals surface area contributed by atoms with Crippen LogP contribution in [0.2, 0.25) is 0 Å². The number of alkyl halides is 1. The molecule has 0 bridgehead atoms. The third kappa shape index (κ3) is 3.16. The molecule has 2 saturated heterocycles. The molecule has 2 atom stereocenters. The molecule has 0 aliphatic carbocycles. The first-order valence-electron chi connectivity index (χ1n) is 7.07. The number of nitrogens with one attached hydrogen (secondary N) is 3. The number of aromatic nitrogens is 1. The van der Waals surface area contributed by atoms with Gasteiger partial charge in [-0.25, -0.2) is 9.37 Å². The van der Waals surface area contributed by atoms with Gasteiger partial charge in [-0.05, 0) is 31.8 Å². The Bertz CT molecular complexity index is 475. The largest absolute Gasteiger partial charge is 0.317 e. The quantitative estimate of drug-likeness (QED) is 0.786. The molecule has 0 unspecified atom stereocenters. The van der Waals surface area contributed by atoms with E-state index in [-0.39, 0.29) is 18.9 Å². The van der Waals surface area contributed by atoms with Crippen LogP contribution in [0.25, 0.3) is 0 Å². The van der Waals surface area contributed by atoms with Crippen molar-refractivity contribution in [3.05, 3.63) is 11.1 Å². The summed E-state index contributed by atoms with van der Waals surface area (Å²) in [5.74, 6) is 0.357. The van der Waals surface area contributed by atoms with E-state index in [9.17, 15) is 9.18 Å². The van der Waals surface area contributed by atoms with Crippen LogP contribution >= 0.6 is 11.3 Å². The number of hydrogen-bond donors (Lipinski definition) is 3. The van der Waals surface area contributed by atoms with Crippen molar-refractivity contribution in [2.24, 2.45) is 0 Å². The summed E-state index contributed by atoms with van der Waals surface area (Å²) in [7, 11) is 0. The number of carbonyl (C=O) groups excluding carboxylic acids is 1. The lowest BCUT2D eigenvalue weighted by Gasteiger charge is -2.20. The SMILES string of the molecule is O=C(Nc1ncc(C2CCNCC2)s1)[C@H]1C[C@H](F)CN1. The first kappa shape index (κ1) is 13.9. The third-order valence-electron chi connectivity index (χ3n) is 3.89. The van der Waals surface area contributed by atoms with Gasteiger partial charge in [0.25, 0.3) is 0 Å². The molecule has 7 heteroatoms. The Morgan fingerprint density at radius 2 is 2.25 bits per heavy atom. The average molecular weight is 298 g/mol. The summed E-state index contributed by atoms with van der Waals surface area (Å²) in [6, 6.07) is -0.434. The smallest absolute Gasteiger partial charge is 0.243 e. The Balaban J connectivity index is 1.58. The van der Waals surface area contributed by atoms with E-state index in [1.165, 1.54) is 16.2 Å². The van der Waals surface area contributed by atoms with E-state index >= 15 is 0 Å². The molecule has 2 fully saturated rings. The molecular formula is C13H19FN4OS.